The first-order valence-electron chi connectivity index (χ1n) is 7.48. The molecule has 1 rings (SSSR count). The van der Waals surface area contributed by atoms with Gasteiger partial charge in [-0.1, -0.05) is 25.1 Å². The molecule has 0 aliphatic carbocycles. The number of carbonyl (C=O) groups is 1. The maximum atomic E-state index is 11.8. The van der Waals surface area contributed by atoms with E-state index in [-0.39, 0.29) is 11.7 Å². The minimum atomic E-state index is -0.0350. The van der Waals surface area contributed by atoms with Gasteiger partial charge in [-0.3, -0.25) is 4.79 Å². The maximum Gasteiger partial charge on any atom is 0.224 e. The maximum absolute atomic E-state index is 11.8. The fourth-order valence-corrected chi connectivity index (χ4v) is 1.94. The number of unbranched alkanes of at least 4 members (excludes halogenated alkanes) is 1. The Labute approximate surface area is 132 Å². The number of aromatic hydroxyl groups is 1. The van der Waals surface area contributed by atoms with Gasteiger partial charge >= 0.3 is 0 Å². The van der Waals surface area contributed by atoms with Gasteiger partial charge in [0.25, 0.3) is 0 Å². The number of rotatable bonds is 7. The number of hydrogen-bond acceptors (Lipinski definition) is 2. The lowest BCUT2D eigenvalue weighted by molar-refractivity contribution is -0.120. The van der Waals surface area contributed by atoms with Crippen molar-refractivity contribution in [3.63, 3.8) is 0 Å². The molecule has 0 radical (unpaired) electrons. The van der Waals surface area contributed by atoms with Crippen molar-refractivity contribution in [2.45, 2.75) is 39.5 Å². The topological polar surface area (TPSA) is 49.3 Å². The molecule has 1 aromatic carbocycles. The summed E-state index contributed by atoms with van der Waals surface area (Å²) in [6.45, 7) is 3.98. The summed E-state index contributed by atoms with van der Waals surface area (Å²) in [5, 5.41) is 12.4. The van der Waals surface area contributed by atoms with Crippen LogP contribution in [0.25, 0.3) is 6.08 Å². The van der Waals surface area contributed by atoms with Crippen molar-refractivity contribution in [3.8, 4) is 18.1 Å². The molecule has 1 amide bonds. The molecule has 0 aliphatic rings. The molecule has 0 fully saturated rings. The van der Waals surface area contributed by atoms with Crippen molar-refractivity contribution in [2.75, 3.05) is 0 Å². The van der Waals surface area contributed by atoms with Crippen LogP contribution in [0.1, 0.15) is 43.7 Å². The molecule has 0 saturated heterocycles. The van der Waals surface area contributed by atoms with Crippen LogP contribution in [0, 0.1) is 19.3 Å². The number of benzene rings is 1. The average molecular weight is 297 g/mol. The molecule has 2 N–H and O–H groups in total. The van der Waals surface area contributed by atoms with Crippen molar-refractivity contribution < 1.29 is 9.90 Å². The van der Waals surface area contributed by atoms with Gasteiger partial charge in [0.2, 0.25) is 5.91 Å². The van der Waals surface area contributed by atoms with Crippen molar-refractivity contribution in [1.82, 2.24) is 5.32 Å². The zero-order valence-electron chi connectivity index (χ0n) is 13.2. The third-order valence-corrected chi connectivity index (χ3v) is 3.14. The van der Waals surface area contributed by atoms with Crippen LogP contribution in [0.2, 0.25) is 0 Å². The Kier molecular flexibility index (Phi) is 7.56. The predicted octanol–water partition coefficient (Wildman–Crippen LogP) is 3.93. The molecule has 3 heteroatoms. The van der Waals surface area contributed by atoms with Crippen LogP contribution < -0.4 is 5.32 Å². The predicted molar refractivity (Wildman–Crippen MR) is 91.1 cm³/mol. The molecule has 22 heavy (non-hydrogen) atoms. The van der Waals surface area contributed by atoms with Crippen LogP contribution in [0.3, 0.4) is 0 Å². The van der Waals surface area contributed by atoms with Gasteiger partial charge in [0.1, 0.15) is 5.75 Å². The van der Waals surface area contributed by atoms with E-state index in [0.717, 1.165) is 23.2 Å². The van der Waals surface area contributed by atoms with Gasteiger partial charge in [-0.25, -0.2) is 0 Å². The van der Waals surface area contributed by atoms with Gasteiger partial charge in [-0.2, -0.15) is 0 Å². The third-order valence-electron chi connectivity index (χ3n) is 3.14. The summed E-state index contributed by atoms with van der Waals surface area (Å²) in [6.07, 6.45) is 13.4. The van der Waals surface area contributed by atoms with Gasteiger partial charge in [0.05, 0.1) is 0 Å². The summed E-state index contributed by atoms with van der Waals surface area (Å²) in [5.74, 6) is 2.72. The Bertz CT molecular complexity index is 606. The normalized spacial score (nSPS) is 11.4. The number of aryl methyl sites for hydroxylation is 1. The van der Waals surface area contributed by atoms with Crippen LogP contribution in [-0.4, -0.2) is 11.0 Å². The second-order valence-corrected chi connectivity index (χ2v) is 5.05. The van der Waals surface area contributed by atoms with E-state index in [1.807, 2.05) is 38.1 Å². The fourth-order valence-electron chi connectivity index (χ4n) is 1.94. The van der Waals surface area contributed by atoms with Gasteiger partial charge in [0, 0.05) is 18.5 Å². The summed E-state index contributed by atoms with van der Waals surface area (Å²) in [5.41, 5.74) is 2.74. The number of terminal acetylenes is 1. The lowest BCUT2D eigenvalue weighted by atomic mass is 10.1. The molecule has 1 aromatic rings. The van der Waals surface area contributed by atoms with E-state index >= 15 is 0 Å². The second kappa shape index (κ2) is 9.46. The highest BCUT2D eigenvalue weighted by Gasteiger charge is 2.02. The van der Waals surface area contributed by atoms with Crippen LogP contribution in [0.15, 0.2) is 36.0 Å². The van der Waals surface area contributed by atoms with Crippen molar-refractivity contribution in [1.29, 1.82) is 0 Å². The van der Waals surface area contributed by atoms with E-state index in [4.69, 9.17) is 6.42 Å². The summed E-state index contributed by atoms with van der Waals surface area (Å²) in [4.78, 5) is 11.8. The first-order chi connectivity index (χ1) is 10.6. The van der Waals surface area contributed by atoms with Crippen molar-refractivity contribution >= 4 is 12.0 Å². The molecular weight excluding hydrogens is 274 g/mol. The van der Waals surface area contributed by atoms with E-state index in [1.165, 1.54) is 0 Å². The highest BCUT2D eigenvalue weighted by molar-refractivity contribution is 5.78. The highest BCUT2D eigenvalue weighted by atomic mass is 16.3. The number of nitrogens with one attached hydrogen (secondary N) is 1. The van der Waals surface area contributed by atoms with Crippen LogP contribution in [-0.2, 0) is 4.79 Å². The number of phenols is 1. The molecule has 0 unspecified atom stereocenters. The minimum Gasteiger partial charge on any atom is -0.508 e. The second-order valence-electron chi connectivity index (χ2n) is 5.05. The Morgan fingerprint density at radius 3 is 2.91 bits per heavy atom. The van der Waals surface area contributed by atoms with Gasteiger partial charge in [0.15, 0.2) is 0 Å². The SMILES string of the molecule is C#CCCCC(=O)NC(/C=C\c1cc(O)ccc1C)=C\CC. The number of allylic oxidation sites excluding steroid dienone is 2. The molecule has 116 valence electrons. The van der Waals surface area contributed by atoms with Gasteiger partial charge in [-0.05, 0) is 49.1 Å². The van der Waals surface area contributed by atoms with E-state index in [2.05, 4.69) is 11.2 Å². The minimum absolute atomic E-state index is 0.0350. The number of carbonyl (C=O) groups excluding carboxylic acids is 1. The van der Waals surface area contributed by atoms with Crippen LogP contribution in [0.4, 0.5) is 0 Å². The Hall–Kier alpha value is -2.47. The van der Waals surface area contributed by atoms with E-state index in [0.29, 0.717) is 19.3 Å². The summed E-state index contributed by atoms with van der Waals surface area (Å²) in [6, 6.07) is 5.21. The monoisotopic (exact) mass is 297 g/mol. The molecular formula is C19H23NO2. The van der Waals surface area contributed by atoms with Crippen LogP contribution in [0.5, 0.6) is 5.75 Å². The number of amides is 1. The van der Waals surface area contributed by atoms with E-state index < -0.39 is 0 Å². The molecule has 0 aromatic heterocycles. The summed E-state index contributed by atoms with van der Waals surface area (Å²) >= 11 is 0. The largest absolute Gasteiger partial charge is 0.508 e. The fraction of sp³-hybridized carbons (Fsp3) is 0.316. The molecule has 0 atom stereocenters. The quantitative estimate of drug-likeness (QED) is 0.455. The highest BCUT2D eigenvalue weighted by Crippen LogP contribution is 2.17. The average Bonchev–Trinajstić information content (AvgIpc) is 2.48. The van der Waals surface area contributed by atoms with Crippen molar-refractivity contribution in [3.05, 3.63) is 47.2 Å². The van der Waals surface area contributed by atoms with Crippen LogP contribution >= 0.6 is 0 Å². The zero-order valence-corrected chi connectivity index (χ0v) is 13.2. The first kappa shape index (κ1) is 17.6. The smallest absolute Gasteiger partial charge is 0.224 e. The lowest BCUT2D eigenvalue weighted by Gasteiger charge is -2.06. The van der Waals surface area contributed by atoms with E-state index in [9.17, 15) is 9.90 Å². The Balaban J connectivity index is 2.74. The lowest BCUT2D eigenvalue weighted by Crippen LogP contribution is -2.21. The third kappa shape index (κ3) is 6.32. The Morgan fingerprint density at radius 1 is 1.45 bits per heavy atom. The van der Waals surface area contributed by atoms with Crippen molar-refractivity contribution in [2.24, 2.45) is 0 Å². The number of phenolic OH excluding ortho intramolecular Hbond substituents is 1. The molecule has 3 nitrogen and oxygen atoms in total. The number of hydrogen-bond donors (Lipinski definition) is 2. The van der Waals surface area contributed by atoms with Gasteiger partial charge < -0.3 is 10.4 Å². The molecule has 0 heterocycles. The molecule has 0 bridgehead atoms. The molecule has 0 spiro atoms. The molecule has 0 saturated carbocycles. The molecule has 0 aliphatic heterocycles. The Morgan fingerprint density at radius 2 is 2.23 bits per heavy atom. The summed E-state index contributed by atoms with van der Waals surface area (Å²) < 4.78 is 0. The summed E-state index contributed by atoms with van der Waals surface area (Å²) in [7, 11) is 0. The first-order valence-corrected chi connectivity index (χ1v) is 7.48. The standard InChI is InChI=1S/C19H23NO2/c1-4-6-7-9-19(22)20-17(8-5-2)12-11-16-14-18(21)13-10-15(16)3/h1,8,10-14,21H,5-7,9H2,2-3H3,(H,20,22)/b12-11-,17-8-. The van der Waals surface area contributed by atoms with Gasteiger partial charge in [-0.15, -0.1) is 12.3 Å². The van der Waals surface area contributed by atoms with E-state index in [1.54, 1.807) is 12.1 Å². The zero-order chi connectivity index (χ0) is 16.4.